The largest absolute Gasteiger partial charge is 0.468 e. The molecule has 18 heavy (non-hydrogen) atoms. The van der Waals surface area contributed by atoms with Gasteiger partial charge in [0.05, 0.1) is 14.2 Å². The summed E-state index contributed by atoms with van der Waals surface area (Å²) in [4.78, 5) is 23.0. The van der Waals surface area contributed by atoms with E-state index in [9.17, 15) is 9.59 Å². The minimum atomic E-state index is -0.965. The first-order chi connectivity index (χ1) is 8.60. The average Bonchev–Trinajstić information content (AvgIpc) is 2.43. The molecule has 0 fully saturated rings. The molecule has 0 saturated heterocycles. The summed E-state index contributed by atoms with van der Waals surface area (Å²) in [7, 11) is 2.48. The summed E-state index contributed by atoms with van der Waals surface area (Å²) < 4.78 is 9.18. The molecule has 0 saturated carbocycles. The van der Waals surface area contributed by atoms with Gasteiger partial charge in [0.1, 0.15) is 0 Å². The fraction of sp³-hybridized carbons (Fsp3) is 0.286. The smallest absolute Gasteiger partial charge is 0.320 e. The Labute approximate surface area is 106 Å². The monoisotopic (exact) mass is 248 g/mol. The highest BCUT2D eigenvalue weighted by Crippen LogP contribution is 2.22. The van der Waals surface area contributed by atoms with Crippen molar-refractivity contribution in [3.05, 3.63) is 42.5 Å². The van der Waals surface area contributed by atoms with Gasteiger partial charge in [-0.3, -0.25) is 9.59 Å². The van der Waals surface area contributed by atoms with Gasteiger partial charge in [-0.25, -0.2) is 0 Å². The van der Waals surface area contributed by atoms with Crippen molar-refractivity contribution in [3.63, 3.8) is 0 Å². The van der Waals surface area contributed by atoms with Gasteiger partial charge in [-0.15, -0.1) is 0 Å². The molecule has 0 aliphatic carbocycles. The molecule has 0 aromatic heterocycles. The van der Waals surface area contributed by atoms with Gasteiger partial charge < -0.3 is 9.47 Å². The molecule has 4 nitrogen and oxygen atoms in total. The molecule has 0 spiro atoms. The van der Waals surface area contributed by atoms with Crippen LogP contribution in [0.2, 0.25) is 0 Å². The lowest BCUT2D eigenvalue weighted by atomic mass is 9.95. The second kappa shape index (κ2) is 6.59. The van der Waals surface area contributed by atoms with Crippen LogP contribution in [0.4, 0.5) is 0 Å². The van der Waals surface area contributed by atoms with Crippen LogP contribution in [0.25, 0.3) is 5.57 Å². The SMILES string of the molecule is C=C(CC(C(=O)OC)C(=O)OC)c1ccccc1. The lowest BCUT2D eigenvalue weighted by Gasteiger charge is -2.14. The van der Waals surface area contributed by atoms with E-state index in [2.05, 4.69) is 16.1 Å². The van der Waals surface area contributed by atoms with Gasteiger partial charge in [0.25, 0.3) is 0 Å². The molecule has 0 aliphatic heterocycles. The first kappa shape index (κ1) is 14.0. The van der Waals surface area contributed by atoms with E-state index in [-0.39, 0.29) is 6.42 Å². The minimum Gasteiger partial charge on any atom is -0.468 e. The molecule has 0 N–H and O–H groups in total. The first-order valence-electron chi connectivity index (χ1n) is 5.49. The lowest BCUT2D eigenvalue weighted by Crippen LogP contribution is -2.26. The van der Waals surface area contributed by atoms with E-state index in [0.29, 0.717) is 5.57 Å². The zero-order valence-corrected chi connectivity index (χ0v) is 10.5. The van der Waals surface area contributed by atoms with Crippen molar-refractivity contribution in [2.45, 2.75) is 6.42 Å². The number of rotatable bonds is 5. The van der Waals surface area contributed by atoms with Crippen molar-refractivity contribution in [3.8, 4) is 0 Å². The predicted octanol–water partition coefficient (Wildman–Crippen LogP) is 2.05. The van der Waals surface area contributed by atoms with Gasteiger partial charge >= 0.3 is 11.9 Å². The van der Waals surface area contributed by atoms with Crippen LogP contribution in [0.3, 0.4) is 0 Å². The highest BCUT2D eigenvalue weighted by molar-refractivity contribution is 5.96. The Morgan fingerprint density at radius 2 is 1.61 bits per heavy atom. The maximum atomic E-state index is 11.5. The summed E-state index contributed by atoms with van der Waals surface area (Å²) in [5.41, 5.74) is 1.58. The Bertz CT molecular complexity index is 420. The van der Waals surface area contributed by atoms with Crippen LogP contribution < -0.4 is 0 Å². The molecule has 96 valence electrons. The molecule has 0 atom stereocenters. The van der Waals surface area contributed by atoms with Crippen LogP contribution in [-0.2, 0) is 19.1 Å². The number of carbonyl (C=O) groups is 2. The molecular formula is C14H16O4. The highest BCUT2D eigenvalue weighted by Gasteiger charge is 2.29. The fourth-order valence-electron chi connectivity index (χ4n) is 1.59. The molecule has 4 heteroatoms. The van der Waals surface area contributed by atoms with E-state index in [1.165, 1.54) is 14.2 Å². The van der Waals surface area contributed by atoms with Crippen LogP contribution in [0.1, 0.15) is 12.0 Å². The second-order valence-electron chi connectivity index (χ2n) is 3.77. The van der Waals surface area contributed by atoms with Crippen LogP contribution in [0.5, 0.6) is 0 Å². The van der Waals surface area contributed by atoms with Crippen molar-refractivity contribution in [1.82, 2.24) is 0 Å². The quantitative estimate of drug-likeness (QED) is 0.591. The van der Waals surface area contributed by atoms with Crippen LogP contribution in [0.15, 0.2) is 36.9 Å². The summed E-state index contributed by atoms with van der Waals surface area (Å²) in [6.07, 6.45) is 0.184. The van der Waals surface area contributed by atoms with Crippen LogP contribution in [0, 0.1) is 5.92 Å². The maximum Gasteiger partial charge on any atom is 0.320 e. The molecule has 0 aliphatic rings. The van der Waals surface area contributed by atoms with E-state index in [1.807, 2.05) is 30.3 Å². The Balaban J connectivity index is 2.81. The summed E-state index contributed by atoms with van der Waals surface area (Å²) >= 11 is 0. The minimum absolute atomic E-state index is 0.184. The third kappa shape index (κ3) is 3.45. The van der Waals surface area contributed by atoms with Gasteiger partial charge in [0, 0.05) is 0 Å². The molecule has 0 unspecified atom stereocenters. The van der Waals surface area contributed by atoms with Crippen LogP contribution >= 0.6 is 0 Å². The number of carbonyl (C=O) groups excluding carboxylic acids is 2. The second-order valence-corrected chi connectivity index (χ2v) is 3.77. The summed E-state index contributed by atoms with van der Waals surface area (Å²) in [6, 6.07) is 9.36. The van der Waals surface area contributed by atoms with E-state index >= 15 is 0 Å². The Morgan fingerprint density at radius 1 is 1.11 bits per heavy atom. The zero-order valence-electron chi connectivity index (χ0n) is 10.5. The van der Waals surface area contributed by atoms with E-state index < -0.39 is 17.9 Å². The highest BCUT2D eigenvalue weighted by atomic mass is 16.5. The van der Waals surface area contributed by atoms with Crippen molar-refractivity contribution in [1.29, 1.82) is 0 Å². The van der Waals surface area contributed by atoms with Gasteiger partial charge in [0.15, 0.2) is 5.92 Å². The van der Waals surface area contributed by atoms with Gasteiger partial charge in [0.2, 0.25) is 0 Å². The first-order valence-corrected chi connectivity index (χ1v) is 5.49. The summed E-state index contributed by atoms with van der Waals surface area (Å²) in [5, 5.41) is 0. The van der Waals surface area contributed by atoms with E-state index in [4.69, 9.17) is 0 Å². The number of allylic oxidation sites excluding steroid dienone is 1. The Morgan fingerprint density at radius 3 is 2.06 bits per heavy atom. The summed E-state index contributed by atoms with van der Waals surface area (Å²) in [6.45, 7) is 3.88. The van der Waals surface area contributed by atoms with Crippen molar-refractivity contribution in [2.75, 3.05) is 14.2 Å². The lowest BCUT2D eigenvalue weighted by molar-refractivity contribution is -0.158. The molecule has 0 amide bonds. The number of hydrogen-bond acceptors (Lipinski definition) is 4. The Kier molecular flexibility index (Phi) is 5.11. The van der Waals surface area contributed by atoms with Gasteiger partial charge in [-0.05, 0) is 17.6 Å². The number of hydrogen-bond donors (Lipinski definition) is 0. The number of benzene rings is 1. The maximum absolute atomic E-state index is 11.5. The Hall–Kier alpha value is -2.10. The molecule has 0 bridgehead atoms. The van der Waals surface area contributed by atoms with Crippen LogP contribution in [-0.4, -0.2) is 26.2 Å². The molecule has 1 aromatic carbocycles. The average molecular weight is 248 g/mol. The van der Waals surface area contributed by atoms with E-state index in [1.54, 1.807) is 0 Å². The molecule has 1 aromatic rings. The van der Waals surface area contributed by atoms with Crippen molar-refractivity contribution >= 4 is 17.5 Å². The van der Waals surface area contributed by atoms with Gasteiger partial charge in [-0.1, -0.05) is 36.9 Å². The predicted molar refractivity (Wildman–Crippen MR) is 67.6 cm³/mol. The third-order valence-electron chi connectivity index (χ3n) is 2.60. The van der Waals surface area contributed by atoms with Crippen molar-refractivity contribution < 1.29 is 19.1 Å². The number of esters is 2. The van der Waals surface area contributed by atoms with Crippen molar-refractivity contribution in [2.24, 2.45) is 5.92 Å². The number of methoxy groups -OCH3 is 2. The number of ether oxygens (including phenoxy) is 2. The topological polar surface area (TPSA) is 52.6 Å². The molecular weight excluding hydrogens is 232 g/mol. The van der Waals surface area contributed by atoms with Gasteiger partial charge in [-0.2, -0.15) is 0 Å². The molecule has 0 radical (unpaired) electrons. The third-order valence-corrected chi connectivity index (χ3v) is 2.60. The normalized spacial score (nSPS) is 9.94. The fourth-order valence-corrected chi connectivity index (χ4v) is 1.59. The van der Waals surface area contributed by atoms with E-state index in [0.717, 1.165) is 5.56 Å². The molecule has 1 rings (SSSR count). The molecule has 0 heterocycles. The standard InChI is InChI=1S/C14H16O4/c1-10(11-7-5-4-6-8-11)9-12(13(15)17-2)14(16)18-3/h4-8,12H,1,9H2,2-3H3. The zero-order chi connectivity index (χ0) is 13.5. The summed E-state index contributed by atoms with van der Waals surface area (Å²) in [5.74, 6) is -2.19.